The van der Waals surface area contributed by atoms with Crippen molar-refractivity contribution in [3.8, 4) is 0 Å². The van der Waals surface area contributed by atoms with Gasteiger partial charge in [-0.15, -0.1) is 0 Å². The molecule has 0 fully saturated rings. The Bertz CT molecular complexity index is 1450. The molecule has 4 nitrogen and oxygen atoms in total. The van der Waals surface area contributed by atoms with Crippen molar-refractivity contribution < 1.29 is 18.3 Å². The van der Waals surface area contributed by atoms with Crippen LogP contribution in [0.5, 0.6) is 0 Å². The van der Waals surface area contributed by atoms with Gasteiger partial charge in [-0.25, -0.2) is 4.99 Å². The molecule has 0 bridgehead atoms. The molecule has 0 unspecified atom stereocenters. The molecule has 0 atom stereocenters. The van der Waals surface area contributed by atoms with Crippen LogP contribution in [0.4, 0.5) is 18.9 Å². The number of hydrogen-bond donors (Lipinski definition) is 1. The quantitative estimate of drug-likeness (QED) is 0.296. The number of halogens is 3. The predicted octanol–water partition coefficient (Wildman–Crippen LogP) is 7.11. The van der Waals surface area contributed by atoms with E-state index in [9.17, 15) is 18.3 Å². The van der Waals surface area contributed by atoms with Crippen LogP contribution in [-0.4, -0.2) is 14.2 Å². The fourth-order valence-corrected chi connectivity index (χ4v) is 4.64. The van der Waals surface area contributed by atoms with Gasteiger partial charge in [-0.1, -0.05) is 64.1 Å². The summed E-state index contributed by atoms with van der Waals surface area (Å²) in [5.74, 6) is 0. The maximum absolute atomic E-state index is 13.9. The highest BCUT2D eigenvalue weighted by Crippen LogP contribution is 2.34. The van der Waals surface area contributed by atoms with Crippen molar-refractivity contribution in [2.24, 2.45) is 4.99 Å². The summed E-state index contributed by atoms with van der Waals surface area (Å²) in [4.78, 5) is 4.97. The number of fused-ring (bicyclic) bond motifs is 1. The highest BCUT2D eigenvalue weighted by molar-refractivity contribution is 5.81. The van der Waals surface area contributed by atoms with Gasteiger partial charge >= 0.3 is 6.18 Å². The molecule has 0 saturated heterocycles. The molecular formula is C30H34F3N3O. The second kappa shape index (κ2) is 10.2. The van der Waals surface area contributed by atoms with E-state index in [-0.39, 0.29) is 12.0 Å². The Labute approximate surface area is 215 Å². The van der Waals surface area contributed by atoms with Crippen molar-refractivity contribution in [1.82, 2.24) is 9.13 Å². The predicted molar refractivity (Wildman–Crippen MR) is 142 cm³/mol. The molecule has 0 radical (unpaired) electrons. The minimum absolute atomic E-state index is 0.00150. The first kappa shape index (κ1) is 26.7. The normalized spacial score (nSPS) is 13.1. The lowest BCUT2D eigenvalue weighted by Crippen LogP contribution is -2.26. The molecule has 0 aliphatic carbocycles. The lowest BCUT2D eigenvalue weighted by molar-refractivity contribution is -0.137. The molecule has 0 aliphatic rings. The standard InChI is InChI=1S/C30H34F3N3O/c1-6-22-16-24(30(31,32)33)17-26-27(22)35(7-2)28(34-25-14-12-23(13-15-25)29(3,4)5)36(26)18-20-8-10-21(19-37)11-9-20/h8-17,37H,6-7,18-19H2,1-5H3/b34-28-. The number of aliphatic hydroxyl groups is 1. The average molecular weight is 510 g/mol. The van der Waals surface area contributed by atoms with Gasteiger partial charge in [0.05, 0.1) is 35.4 Å². The number of hydrogen-bond acceptors (Lipinski definition) is 2. The van der Waals surface area contributed by atoms with E-state index in [1.54, 1.807) is 0 Å². The second-order valence-electron chi connectivity index (χ2n) is 10.4. The van der Waals surface area contributed by atoms with Crippen LogP contribution in [0.25, 0.3) is 11.0 Å². The zero-order valence-corrected chi connectivity index (χ0v) is 22.0. The molecule has 1 heterocycles. The first-order chi connectivity index (χ1) is 17.5. The molecule has 4 aromatic rings. The zero-order valence-electron chi connectivity index (χ0n) is 22.0. The van der Waals surface area contributed by atoms with Crippen LogP contribution >= 0.6 is 0 Å². The van der Waals surface area contributed by atoms with Crippen molar-refractivity contribution in [3.63, 3.8) is 0 Å². The van der Waals surface area contributed by atoms with Crippen LogP contribution in [-0.2, 0) is 37.7 Å². The molecule has 3 aromatic carbocycles. The molecule has 196 valence electrons. The third-order valence-electron chi connectivity index (χ3n) is 6.75. The zero-order chi connectivity index (χ0) is 27.0. The van der Waals surface area contributed by atoms with Crippen molar-refractivity contribution in [1.29, 1.82) is 0 Å². The van der Waals surface area contributed by atoms with Crippen molar-refractivity contribution in [3.05, 3.63) is 94.1 Å². The van der Waals surface area contributed by atoms with Gasteiger partial charge in [-0.2, -0.15) is 13.2 Å². The number of imidazole rings is 1. The van der Waals surface area contributed by atoms with Gasteiger partial charge in [-0.3, -0.25) is 0 Å². The van der Waals surface area contributed by atoms with Gasteiger partial charge < -0.3 is 14.2 Å². The number of aryl methyl sites for hydroxylation is 2. The van der Waals surface area contributed by atoms with E-state index in [2.05, 4.69) is 32.9 Å². The number of alkyl halides is 3. The Morgan fingerprint density at radius 2 is 1.43 bits per heavy atom. The molecule has 0 saturated carbocycles. The summed E-state index contributed by atoms with van der Waals surface area (Å²) in [6.07, 6.45) is -3.98. The van der Waals surface area contributed by atoms with Gasteiger partial charge in [0.15, 0.2) is 0 Å². The van der Waals surface area contributed by atoms with E-state index >= 15 is 0 Å². The van der Waals surface area contributed by atoms with Crippen molar-refractivity contribution in [2.45, 2.75) is 72.3 Å². The third kappa shape index (κ3) is 5.52. The number of nitrogens with zero attached hydrogens (tertiary/aromatic N) is 3. The van der Waals surface area contributed by atoms with Crippen LogP contribution in [0.15, 0.2) is 65.7 Å². The molecule has 37 heavy (non-hydrogen) atoms. The average Bonchev–Trinajstić information content (AvgIpc) is 3.15. The summed E-state index contributed by atoms with van der Waals surface area (Å²) < 4.78 is 45.5. The third-order valence-corrected chi connectivity index (χ3v) is 6.75. The van der Waals surface area contributed by atoms with Crippen molar-refractivity contribution in [2.75, 3.05) is 0 Å². The highest BCUT2D eigenvalue weighted by atomic mass is 19.4. The molecule has 0 spiro atoms. The van der Waals surface area contributed by atoms with E-state index in [1.165, 1.54) is 17.7 Å². The summed E-state index contributed by atoms with van der Waals surface area (Å²) in [7, 11) is 0. The summed E-state index contributed by atoms with van der Waals surface area (Å²) in [6.45, 7) is 11.1. The molecule has 1 aromatic heterocycles. The van der Waals surface area contributed by atoms with Gasteiger partial charge in [-0.05, 0) is 65.3 Å². The highest BCUT2D eigenvalue weighted by Gasteiger charge is 2.32. The van der Waals surface area contributed by atoms with Crippen LogP contribution < -0.4 is 5.62 Å². The summed E-state index contributed by atoms with van der Waals surface area (Å²) in [5.41, 5.74) is 5.47. The Morgan fingerprint density at radius 1 is 0.811 bits per heavy atom. The second-order valence-corrected chi connectivity index (χ2v) is 10.4. The van der Waals surface area contributed by atoms with Gasteiger partial charge in [0.1, 0.15) is 0 Å². The van der Waals surface area contributed by atoms with Crippen LogP contribution in [0.3, 0.4) is 0 Å². The number of benzene rings is 3. The van der Waals surface area contributed by atoms with E-state index in [0.29, 0.717) is 36.2 Å². The minimum Gasteiger partial charge on any atom is -0.392 e. The molecule has 7 heteroatoms. The van der Waals surface area contributed by atoms with Crippen LogP contribution in [0.2, 0.25) is 0 Å². The summed E-state index contributed by atoms with van der Waals surface area (Å²) >= 11 is 0. The maximum Gasteiger partial charge on any atom is 0.416 e. The lowest BCUT2D eigenvalue weighted by atomic mass is 9.87. The first-order valence-electron chi connectivity index (χ1n) is 12.6. The smallest absolute Gasteiger partial charge is 0.392 e. The molecule has 0 amide bonds. The van der Waals surface area contributed by atoms with E-state index < -0.39 is 11.7 Å². The lowest BCUT2D eigenvalue weighted by Gasteiger charge is -2.18. The molecule has 4 rings (SSSR count). The van der Waals surface area contributed by atoms with Gasteiger partial charge in [0.2, 0.25) is 5.62 Å². The summed E-state index contributed by atoms with van der Waals surface area (Å²) in [5, 5.41) is 9.41. The molecular weight excluding hydrogens is 475 g/mol. The monoisotopic (exact) mass is 509 g/mol. The fraction of sp³-hybridized carbons (Fsp3) is 0.367. The SMILES string of the molecule is CCc1cc(C(F)(F)F)cc2c1n(CC)/c(=N/c1ccc(C(C)(C)C)cc1)n2Cc1ccc(CO)cc1. The largest absolute Gasteiger partial charge is 0.416 e. The van der Waals surface area contributed by atoms with Gasteiger partial charge in [0, 0.05) is 6.54 Å². The topological polar surface area (TPSA) is 42.5 Å². The van der Waals surface area contributed by atoms with E-state index in [4.69, 9.17) is 4.99 Å². The minimum atomic E-state index is -4.45. The van der Waals surface area contributed by atoms with E-state index in [1.807, 2.05) is 59.4 Å². The Morgan fingerprint density at radius 3 is 1.95 bits per heavy atom. The molecule has 0 aliphatic heterocycles. The molecule has 1 N–H and O–H groups in total. The van der Waals surface area contributed by atoms with Crippen LogP contribution in [0, 0.1) is 0 Å². The number of aliphatic hydroxyl groups excluding tert-OH is 1. The van der Waals surface area contributed by atoms with Crippen molar-refractivity contribution >= 4 is 16.7 Å². The maximum atomic E-state index is 13.9. The number of rotatable bonds is 6. The Hall–Kier alpha value is -3.32. The Balaban J connectivity index is 2.02. The Kier molecular flexibility index (Phi) is 7.38. The summed E-state index contributed by atoms with van der Waals surface area (Å²) in [6, 6.07) is 18.0. The number of aromatic nitrogens is 2. The van der Waals surface area contributed by atoms with Crippen LogP contribution in [0.1, 0.15) is 62.4 Å². The van der Waals surface area contributed by atoms with E-state index in [0.717, 1.165) is 22.3 Å². The van der Waals surface area contributed by atoms with Gasteiger partial charge in [0.25, 0.3) is 0 Å². The first-order valence-corrected chi connectivity index (χ1v) is 12.6. The fourth-order valence-electron chi connectivity index (χ4n) is 4.64.